The Hall–Kier alpha value is -6.36. The number of hydrogen-bond acceptors (Lipinski definition) is 5. The second-order valence-corrected chi connectivity index (χ2v) is 12.7. The molecule has 0 saturated carbocycles. The second kappa shape index (κ2) is 14.1. The highest BCUT2D eigenvalue weighted by atomic mass is 19.1. The van der Waals surface area contributed by atoms with E-state index in [2.05, 4.69) is 5.32 Å². The molecule has 52 heavy (non-hydrogen) atoms. The Kier molecular flexibility index (Phi) is 9.25. The monoisotopic (exact) mass is 700 g/mol. The van der Waals surface area contributed by atoms with Gasteiger partial charge in [-0.1, -0.05) is 97.1 Å². The van der Waals surface area contributed by atoms with Crippen LogP contribution >= 0.6 is 0 Å². The van der Waals surface area contributed by atoms with Crippen molar-refractivity contribution in [3.63, 3.8) is 0 Å². The molecular weight excluding hydrogens is 666 g/mol. The number of hydrogen-bond donors (Lipinski definition) is 2. The van der Waals surface area contributed by atoms with E-state index in [0.29, 0.717) is 41.9 Å². The van der Waals surface area contributed by atoms with Crippen LogP contribution in [0.1, 0.15) is 39.9 Å². The molecule has 1 aliphatic heterocycles. The summed E-state index contributed by atoms with van der Waals surface area (Å²) in [4.78, 5) is 39.3. The molecule has 1 fully saturated rings. The van der Waals surface area contributed by atoms with Crippen LogP contribution in [0.25, 0.3) is 22.0 Å². The number of halogens is 2. The smallest absolute Gasteiger partial charge is 0.407 e. The minimum absolute atomic E-state index is 0.0319. The van der Waals surface area contributed by atoms with Crippen molar-refractivity contribution < 1.29 is 33.0 Å². The summed E-state index contributed by atoms with van der Waals surface area (Å²) in [5.74, 6) is -3.79. The summed E-state index contributed by atoms with van der Waals surface area (Å²) in [5, 5.41) is 18.2. The first-order valence-corrected chi connectivity index (χ1v) is 16.8. The zero-order chi connectivity index (χ0) is 36.4. The number of rotatable bonds is 8. The van der Waals surface area contributed by atoms with Gasteiger partial charge in [0.25, 0.3) is 0 Å². The predicted molar refractivity (Wildman–Crippen MR) is 192 cm³/mol. The summed E-state index contributed by atoms with van der Waals surface area (Å²) in [6.07, 6.45) is -0.0868. The molecule has 1 atom stereocenters. The van der Waals surface area contributed by atoms with Crippen molar-refractivity contribution in [2.24, 2.45) is 5.92 Å². The Morgan fingerprint density at radius 2 is 1.42 bits per heavy atom. The summed E-state index contributed by atoms with van der Waals surface area (Å²) < 4.78 is 36.7. The highest BCUT2D eigenvalue weighted by molar-refractivity contribution is 6.03. The predicted octanol–water partition coefficient (Wildman–Crippen LogP) is 7.94. The molecule has 1 aromatic heterocycles. The molecule has 0 bridgehead atoms. The van der Waals surface area contributed by atoms with E-state index >= 15 is 4.39 Å². The number of carbonyl (C=O) groups excluding carboxylic acids is 2. The lowest BCUT2D eigenvalue weighted by atomic mass is 9.77. The number of amides is 2. The van der Waals surface area contributed by atoms with E-state index in [1.54, 1.807) is 18.2 Å². The molecule has 11 heteroatoms. The largest absolute Gasteiger partial charge is 0.465 e. The Morgan fingerprint density at radius 1 is 0.827 bits per heavy atom. The van der Waals surface area contributed by atoms with Gasteiger partial charge in [-0.05, 0) is 53.3 Å². The van der Waals surface area contributed by atoms with Gasteiger partial charge in [0, 0.05) is 30.1 Å². The van der Waals surface area contributed by atoms with E-state index in [4.69, 9.17) is 9.84 Å². The maximum atomic E-state index is 15.5. The average Bonchev–Trinajstić information content (AvgIpc) is 3.53. The first kappa shape index (κ1) is 34.1. The third-order valence-corrected chi connectivity index (χ3v) is 9.65. The number of ether oxygens (including phenoxy) is 1. The molecule has 2 heterocycles. The van der Waals surface area contributed by atoms with Crippen molar-refractivity contribution in [3.05, 3.63) is 155 Å². The van der Waals surface area contributed by atoms with Crippen LogP contribution in [0.4, 0.5) is 19.4 Å². The van der Waals surface area contributed by atoms with Crippen LogP contribution in [0.3, 0.4) is 0 Å². The number of fused-ring (bicyclic) bond motifs is 1. The number of nitrogens with zero attached hydrogens (tertiary/aromatic N) is 3. The van der Waals surface area contributed by atoms with Gasteiger partial charge in [0.2, 0.25) is 5.91 Å². The molecule has 6 aromatic rings. The Bertz CT molecular complexity index is 2180. The van der Waals surface area contributed by atoms with Gasteiger partial charge in [0.05, 0.1) is 24.1 Å². The fourth-order valence-electron chi connectivity index (χ4n) is 7.16. The summed E-state index contributed by atoms with van der Waals surface area (Å²) >= 11 is 0. The summed E-state index contributed by atoms with van der Waals surface area (Å²) in [6, 6.07) is 36.2. The van der Waals surface area contributed by atoms with Gasteiger partial charge in [-0.3, -0.25) is 4.79 Å². The third kappa shape index (κ3) is 6.04. The maximum Gasteiger partial charge on any atom is 0.407 e. The molecule has 0 unspecified atom stereocenters. The standard InChI is InChI=1S/C41H34F2N4O5/c1-52-39(49)32-23-31(34(42)24-35(32)43)26-19-20-36-33(22-26)37(44-38(48)27-12-11-21-46(25-27)40(50)51)45-47(36)41(28-13-5-2-6-14-28,29-15-7-3-8-16-29)30-17-9-4-10-18-30/h2-10,13-20,22-24,27H,11-12,21,25H2,1H3,(H,50,51)(H,44,45,48)/t27-/m1/s1. The highest BCUT2D eigenvalue weighted by Gasteiger charge is 2.41. The summed E-state index contributed by atoms with van der Waals surface area (Å²) in [5.41, 5.74) is 1.91. The lowest BCUT2D eigenvalue weighted by molar-refractivity contribution is -0.121. The topological polar surface area (TPSA) is 114 Å². The van der Waals surface area contributed by atoms with Gasteiger partial charge in [-0.25, -0.2) is 23.1 Å². The molecule has 1 aliphatic rings. The van der Waals surface area contributed by atoms with Crippen molar-refractivity contribution in [2.45, 2.75) is 18.4 Å². The normalized spacial score (nSPS) is 14.6. The molecule has 7 rings (SSSR count). The first-order valence-electron chi connectivity index (χ1n) is 16.8. The van der Waals surface area contributed by atoms with E-state index < -0.39 is 46.6 Å². The van der Waals surface area contributed by atoms with E-state index in [0.717, 1.165) is 29.9 Å². The average molecular weight is 701 g/mol. The van der Waals surface area contributed by atoms with Crippen LogP contribution in [-0.4, -0.2) is 58.0 Å². The molecule has 262 valence electrons. The lowest BCUT2D eigenvalue weighted by Crippen LogP contribution is -2.43. The fourth-order valence-corrected chi connectivity index (χ4v) is 7.16. The number of anilines is 1. The minimum atomic E-state index is -1.09. The second-order valence-electron chi connectivity index (χ2n) is 12.7. The number of benzene rings is 5. The zero-order valence-electron chi connectivity index (χ0n) is 28.1. The summed E-state index contributed by atoms with van der Waals surface area (Å²) in [7, 11) is 1.11. The van der Waals surface area contributed by atoms with Crippen molar-refractivity contribution >= 4 is 34.7 Å². The number of carboxylic acid groups (broad SMARTS) is 1. The minimum Gasteiger partial charge on any atom is -0.465 e. The number of carbonyl (C=O) groups is 3. The van der Waals surface area contributed by atoms with Gasteiger partial charge in [0.1, 0.15) is 17.2 Å². The van der Waals surface area contributed by atoms with E-state index in [1.807, 2.05) is 95.7 Å². The molecule has 0 spiro atoms. The molecule has 1 saturated heterocycles. The Labute approximate surface area is 298 Å². The van der Waals surface area contributed by atoms with Crippen LogP contribution in [0.15, 0.2) is 121 Å². The summed E-state index contributed by atoms with van der Waals surface area (Å²) in [6.45, 7) is 0.370. The van der Waals surface area contributed by atoms with Crippen molar-refractivity contribution in [1.82, 2.24) is 14.7 Å². The molecule has 0 aliphatic carbocycles. The van der Waals surface area contributed by atoms with Gasteiger partial charge >= 0.3 is 12.1 Å². The first-order chi connectivity index (χ1) is 25.2. The van der Waals surface area contributed by atoms with Crippen LogP contribution in [0, 0.1) is 17.6 Å². The lowest BCUT2D eigenvalue weighted by Gasteiger charge is -2.37. The number of nitrogens with one attached hydrogen (secondary N) is 1. The van der Waals surface area contributed by atoms with Gasteiger partial charge < -0.3 is 20.1 Å². The number of esters is 1. The van der Waals surface area contributed by atoms with E-state index in [9.17, 15) is 23.9 Å². The van der Waals surface area contributed by atoms with Crippen molar-refractivity contribution in [1.29, 1.82) is 0 Å². The molecule has 5 aromatic carbocycles. The fraction of sp³-hybridized carbons (Fsp3) is 0.171. The zero-order valence-corrected chi connectivity index (χ0v) is 28.1. The number of methoxy groups -OCH3 is 1. The van der Waals surface area contributed by atoms with Gasteiger partial charge in [0.15, 0.2) is 5.82 Å². The Morgan fingerprint density at radius 3 is 1.98 bits per heavy atom. The number of aromatic nitrogens is 2. The molecule has 0 radical (unpaired) electrons. The van der Waals surface area contributed by atoms with Crippen LogP contribution in [0.2, 0.25) is 0 Å². The quantitative estimate of drug-likeness (QED) is 0.123. The van der Waals surface area contributed by atoms with Gasteiger partial charge in [-0.2, -0.15) is 5.10 Å². The van der Waals surface area contributed by atoms with Crippen molar-refractivity contribution in [2.75, 3.05) is 25.5 Å². The van der Waals surface area contributed by atoms with E-state index in [1.165, 1.54) is 4.90 Å². The van der Waals surface area contributed by atoms with Gasteiger partial charge in [-0.15, -0.1) is 0 Å². The van der Waals surface area contributed by atoms with Crippen molar-refractivity contribution in [3.8, 4) is 11.1 Å². The molecule has 9 nitrogen and oxygen atoms in total. The van der Waals surface area contributed by atoms with Crippen LogP contribution in [0.5, 0.6) is 0 Å². The van der Waals surface area contributed by atoms with E-state index in [-0.39, 0.29) is 17.9 Å². The third-order valence-electron chi connectivity index (χ3n) is 9.65. The molecular formula is C41H34F2N4O5. The molecule has 2 amide bonds. The number of piperidine rings is 1. The number of likely N-dealkylation sites (tertiary alicyclic amines) is 1. The van der Waals surface area contributed by atoms with Crippen LogP contribution in [-0.2, 0) is 15.1 Å². The maximum absolute atomic E-state index is 15.5. The highest BCUT2D eigenvalue weighted by Crippen LogP contribution is 2.44. The SMILES string of the molecule is COC(=O)c1cc(-c2ccc3c(c2)c(NC(=O)[C@@H]2CCCN(C(=O)O)C2)nn3C(c2ccccc2)(c2ccccc2)c2ccccc2)c(F)cc1F. The molecule has 2 N–H and O–H groups in total. The van der Waals surface area contributed by atoms with Crippen LogP contribution < -0.4 is 5.32 Å². The Balaban J connectivity index is 1.49.